The molecular weight excluding hydrogens is 452 g/mol. The number of hydrogen-bond donors (Lipinski definition) is 3. The minimum Gasteiger partial charge on any atom is -0.494 e. The molecule has 35 heavy (non-hydrogen) atoms. The second kappa shape index (κ2) is 15.5. The monoisotopic (exact) mass is 492 g/mol. The van der Waals surface area contributed by atoms with E-state index in [4.69, 9.17) is 14.2 Å². The number of rotatable bonds is 11. The molecule has 2 heterocycles. The molecule has 9 heteroatoms. The first-order valence-electron chi connectivity index (χ1n) is 12.4. The van der Waals surface area contributed by atoms with Gasteiger partial charge < -0.3 is 19.5 Å². The van der Waals surface area contributed by atoms with Gasteiger partial charge in [-0.25, -0.2) is 5.48 Å². The molecule has 0 aliphatic carbocycles. The van der Waals surface area contributed by atoms with E-state index in [0.29, 0.717) is 64.3 Å². The van der Waals surface area contributed by atoms with Crippen molar-refractivity contribution in [3.8, 4) is 5.75 Å². The van der Waals surface area contributed by atoms with Crippen LogP contribution in [-0.4, -0.2) is 62.4 Å². The number of methoxy groups -OCH3 is 1. The van der Waals surface area contributed by atoms with Crippen molar-refractivity contribution in [2.75, 3.05) is 33.5 Å². The molecule has 1 aromatic carbocycles. The Morgan fingerprint density at radius 3 is 2.60 bits per heavy atom. The molecule has 3 N–H and O–H groups in total. The van der Waals surface area contributed by atoms with Crippen molar-refractivity contribution >= 4 is 17.6 Å². The molecular formula is C26H40N2O7. The maximum absolute atomic E-state index is 13.5. The van der Waals surface area contributed by atoms with Gasteiger partial charge >= 0.3 is 0 Å². The van der Waals surface area contributed by atoms with Crippen molar-refractivity contribution in [3.63, 3.8) is 0 Å². The molecule has 2 bridgehead atoms. The van der Waals surface area contributed by atoms with Crippen LogP contribution in [0.2, 0.25) is 0 Å². The summed E-state index contributed by atoms with van der Waals surface area (Å²) in [5, 5.41) is 12.3. The number of Topliss-reactive ketones (excluding diaryl/α,β-unsaturated/α-hetero) is 1. The summed E-state index contributed by atoms with van der Waals surface area (Å²) in [4.78, 5) is 39.1. The summed E-state index contributed by atoms with van der Waals surface area (Å²) in [5.41, 5.74) is 2.62. The van der Waals surface area contributed by atoms with Gasteiger partial charge in [0.2, 0.25) is 11.8 Å². The van der Waals surface area contributed by atoms with Crippen LogP contribution in [0.3, 0.4) is 0 Å². The molecule has 2 amide bonds. The van der Waals surface area contributed by atoms with E-state index >= 15 is 0 Å². The van der Waals surface area contributed by atoms with Crippen LogP contribution in [0.5, 0.6) is 5.75 Å². The molecule has 9 nitrogen and oxygen atoms in total. The zero-order chi connectivity index (χ0) is 25.6. The van der Waals surface area contributed by atoms with Gasteiger partial charge in [-0.1, -0.05) is 26.0 Å². The molecule has 3 atom stereocenters. The zero-order valence-electron chi connectivity index (χ0n) is 21.1. The molecule has 196 valence electrons. The van der Waals surface area contributed by atoms with Crippen molar-refractivity contribution in [2.45, 2.75) is 58.4 Å². The fourth-order valence-electron chi connectivity index (χ4n) is 4.30. The fourth-order valence-corrected chi connectivity index (χ4v) is 4.30. The predicted molar refractivity (Wildman–Crippen MR) is 130 cm³/mol. The first kappa shape index (κ1) is 28.7. The van der Waals surface area contributed by atoms with Gasteiger partial charge in [-0.2, -0.15) is 0 Å². The third kappa shape index (κ3) is 9.95. The van der Waals surface area contributed by atoms with Crippen LogP contribution < -0.4 is 15.5 Å². The van der Waals surface area contributed by atoms with E-state index < -0.39 is 23.8 Å². The van der Waals surface area contributed by atoms with Gasteiger partial charge in [0.05, 0.1) is 31.8 Å². The molecule has 0 spiro atoms. The largest absolute Gasteiger partial charge is 0.494 e. The Morgan fingerprint density at radius 1 is 1.20 bits per heavy atom. The zero-order valence-corrected chi connectivity index (χ0v) is 21.1. The van der Waals surface area contributed by atoms with Crippen molar-refractivity contribution in [2.24, 2.45) is 17.8 Å². The highest BCUT2D eigenvalue weighted by Gasteiger charge is 2.35. The standard InChI is InChI=1S/C26H40N2O7/c1-18(2)16-22-21(26(31)28-32)6-4-13-35-20-10-8-19(9-11-20)17-23(27-25(22)30)24(29)7-5-12-34-15-14-33-3/h8-11,18,21-23,32H,4-7,12-17H2,1-3H3,(H,27,30)(H,28,31)/t21-,22+,23-/m0/s1. The number of ether oxygens (including phenoxy) is 3. The van der Waals surface area contributed by atoms with Crippen LogP contribution in [0.25, 0.3) is 0 Å². The second-order valence-corrected chi connectivity index (χ2v) is 9.39. The van der Waals surface area contributed by atoms with Gasteiger partial charge in [-0.15, -0.1) is 0 Å². The van der Waals surface area contributed by atoms with E-state index in [0.717, 1.165) is 5.56 Å². The molecule has 0 aromatic heterocycles. The quantitative estimate of drug-likeness (QED) is 0.247. The molecule has 0 radical (unpaired) electrons. The highest BCUT2D eigenvalue weighted by atomic mass is 16.5. The number of carbonyl (C=O) groups is 3. The van der Waals surface area contributed by atoms with E-state index in [-0.39, 0.29) is 24.0 Å². The average Bonchev–Trinajstić information content (AvgIpc) is 2.84. The SMILES string of the molecule is COCCOCCCC(=O)[C@@H]1Cc2ccc(cc2)OCCC[C@H](C(=O)NO)[C@@H](CC(C)C)C(=O)N1. The second-order valence-electron chi connectivity index (χ2n) is 9.39. The molecule has 3 rings (SSSR count). The maximum atomic E-state index is 13.5. The Bertz CT molecular complexity index is 797. The average molecular weight is 493 g/mol. The van der Waals surface area contributed by atoms with Gasteiger partial charge in [-0.3, -0.25) is 19.6 Å². The van der Waals surface area contributed by atoms with E-state index in [2.05, 4.69) is 5.32 Å². The van der Waals surface area contributed by atoms with E-state index in [1.165, 1.54) is 0 Å². The normalized spacial score (nSPS) is 21.2. The van der Waals surface area contributed by atoms with Gasteiger partial charge in [0.25, 0.3) is 0 Å². The highest BCUT2D eigenvalue weighted by Crippen LogP contribution is 2.27. The topological polar surface area (TPSA) is 123 Å². The first-order chi connectivity index (χ1) is 16.8. The third-order valence-corrected chi connectivity index (χ3v) is 6.13. The molecule has 0 saturated heterocycles. The predicted octanol–water partition coefficient (Wildman–Crippen LogP) is 2.68. The Hall–Kier alpha value is -2.49. The van der Waals surface area contributed by atoms with Crippen LogP contribution >= 0.6 is 0 Å². The smallest absolute Gasteiger partial charge is 0.247 e. The maximum Gasteiger partial charge on any atom is 0.247 e. The van der Waals surface area contributed by atoms with Crippen molar-refractivity contribution < 1.29 is 33.8 Å². The number of hydrogen-bond acceptors (Lipinski definition) is 7. The fraction of sp³-hybridized carbons (Fsp3) is 0.654. The summed E-state index contributed by atoms with van der Waals surface area (Å²) in [5.74, 6) is -1.62. The summed E-state index contributed by atoms with van der Waals surface area (Å²) >= 11 is 0. The molecule has 1 aromatic rings. The van der Waals surface area contributed by atoms with Crippen molar-refractivity contribution in [1.82, 2.24) is 10.8 Å². The Morgan fingerprint density at radius 2 is 1.94 bits per heavy atom. The van der Waals surface area contributed by atoms with Crippen LogP contribution in [0.15, 0.2) is 24.3 Å². The van der Waals surface area contributed by atoms with Crippen LogP contribution in [0.4, 0.5) is 0 Å². The molecule has 0 unspecified atom stereocenters. The summed E-state index contributed by atoms with van der Waals surface area (Å²) in [6, 6.07) is 6.74. The summed E-state index contributed by atoms with van der Waals surface area (Å²) in [6.07, 6.45) is 2.48. The highest BCUT2D eigenvalue weighted by molar-refractivity contribution is 5.92. The third-order valence-electron chi connectivity index (χ3n) is 6.13. The number of ketones is 1. The molecule has 2 aliphatic rings. The number of nitrogens with one attached hydrogen (secondary N) is 2. The van der Waals surface area contributed by atoms with E-state index in [1.807, 2.05) is 38.1 Å². The lowest BCUT2D eigenvalue weighted by molar-refractivity contribution is -0.142. The minimum absolute atomic E-state index is 0.0902. The van der Waals surface area contributed by atoms with Crippen LogP contribution in [0.1, 0.15) is 51.5 Å². The number of carbonyl (C=O) groups excluding carboxylic acids is 3. The summed E-state index contributed by atoms with van der Waals surface area (Å²) in [6.45, 7) is 5.72. The number of benzene rings is 1. The molecule has 2 aliphatic heterocycles. The van der Waals surface area contributed by atoms with Gasteiger partial charge in [0.1, 0.15) is 5.75 Å². The number of amides is 2. The van der Waals surface area contributed by atoms with Crippen molar-refractivity contribution in [1.29, 1.82) is 0 Å². The lowest BCUT2D eigenvalue weighted by Gasteiger charge is -2.29. The number of fused-ring (bicyclic) bond motifs is 11. The van der Waals surface area contributed by atoms with E-state index in [9.17, 15) is 19.6 Å². The Balaban J connectivity index is 2.24. The van der Waals surface area contributed by atoms with Gasteiger partial charge in [-0.05, 0) is 55.7 Å². The van der Waals surface area contributed by atoms with Gasteiger partial charge in [0, 0.05) is 26.1 Å². The Kier molecular flexibility index (Phi) is 12.7. The first-order valence-corrected chi connectivity index (χ1v) is 12.4. The number of hydroxylamine groups is 1. The Labute approximate surface area is 207 Å². The van der Waals surface area contributed by atoms with E-state index in [1.54, 1.807) is 12.6 Å². The summed E-state index contributed by atoms with van der Waals surface area (Å²) in [7, 11) is 1.60. The van der Waals surface area contributed by atoms with Crippen LogP contribution in [0, 0.1) is 17.8 Å². The molecule has 0 saturated carbocycles. The lowest BCUT2D eigenvalue weighted by Crippen LogP contribution is -2.49. The van der Waals surface area contributed by atoms with Crippen molar-refractivity contribution in [3.05, 3.63) is 29.8 Å². The lowest BCUT2D eigenvalue weighted by atomic mass is 9.81. The van der Waals surface area contributed by atoms with Crippen LogP contribution in [-0.2, 0) is 30.3 Å². The van der Waals surface area contributed by atoms with Gasteiger partial charge in [0.15, 0.2) is 5.78 Å². The summed E-state index contributed by atoms with van der Waals surface area (Å²) < 4.78 is 16.2. The molecule has 0 fully saturated rings. The minimum atomic E-state index is -0.736.